The molecule has 1 aromatic carbocycles. The smallest absolute Gasteiger partial charge is 0.123 e. The van der Waals surface area contributed by atoms with Crippen LogP contribution in [0.1, 0.15) is 85.6 Å². The minimum atomic E-state index is -0.546. The Morgan fingerprint density at radius 1 is 0.974 bits per heavy atom. The van der Waals surface area contributed by atoms with E-state index in [9.17, 15) is 0 Å². The molecular formula is C35H54O4. The van der Waals surface area contributed by atoms with Gasteiger partial charge in [-0.2, -0.15) is 0 Å². The molecular weight excluding hydrogens is 484 g/mol. The number of rotatable bonds is 21. The van der Waals surface area contributed by atoms with Crippen LogP contribution >= 0.6 is 0 Å². The van der Waals surface area contributed by atoms with Crippen LogP contribution in [-0.2, 0) is 18.9 Å². The van der Waals surface area contributed by atoms with Crippen LogP contribution in [0.4, 0.5) is 0 Å². The molecule has 0 aliphatic carbocycles. The Hall–Kier alpha value is -2.40. The molecule has 0 aliphatic rings. The number of benzene rings is 1. The van der Waals surface area contributed by atoms with Gasteiger partial charge in [0.2, 0.25) is 0 Å². The van der Waals surface area contributed by atoms with Crippen LogP contribution in [0.15, 0.2) is 91.8 Å². The predicted octanol–water partition coefficient (Wildman–Crippen LogP) is 9.12. The standard InChI is InChI=1S/C35H54O4/c1-11-19-32(29(7)30-21-17-16-18-22-30)33(20-12-2)39-34(8,9)26-31(27-36-24-13-3)38-35(10,15-5)23-25-37-28(6)14-4/h11-13,16-22,28-29,31H,1-3,14-15,23-27H2,4-10H3/b32-19-,33-20+. The van der Waals surface area contributed by atoms with Crippen LogP contribution in [0.5, 0.6) is 0 Å². The second-order valence-corrected chi connectivity index (χ2v) is 11.0. The SMILES string of the molecule is C=C/C=C(\C(=C/C=C)OC(C)(C)CC(COCC=C)OC(C)(CC)CCOC(C)CC)C(C)c1ccccc1. The van der Waals surface area contributed by atoms with Gasteiger partial charge in [0.1, 0.15) is 11.4 Å². The summed E-state index contributed by atoms with van der Waals surface area (Å²) in [6.45, 7) is 28.2. The van der Waals surface area contributed by atoms with E-state index in [2.05, 4.69) is 92.5 Å². The van der Waals surface area contributed by atoms with Crippen molar-refractivity contribution in [2.75, 3.05) is 19.8 Å². The minimum absolute atomic E-state index is 0.114. The summed E-state index contributed by atoms with van der Waals surface area (Å²) in [5, 5.41) is 0. The molecule has 0 bridgehead atoms. The van der Waals surface area contributed by atoms with E-state index in [4.69, 9.17) is 18.9 Å². The maximum atomic E-state index is 6.76. The van der Waals surface area contributed by atoms with Crippen LogP contribution in [-0.4, -0.2) is 43.2 Å². The predicted molar refractivity (Wildman–Crippen MR) is 166 cm³/mol. The maximum absolute atomic E-state index is 6.76. The van der Waals surface area contributed by atoms with Crippen molar-refractivity contribution in [3.05, 3.63) is 97.3 Å². The van der Waals surface area contributed by atoms with Crippen molar-refractivity contribution in [2.45, 2.75) is 103 Å². The van der Waals surface area contributed by atoms with E-state index in [0.717, 1.165) is 30.6 Å². The first kappa shape index (κ1) is 34.6. The third-order valence-electron chi connectivity index (χ3n) is 7.07. The Morgan fingerprint density at radius 3 is 2.21 bits per heavy atom. The molecule has 0 spiro atoms. The second-order valence-electron chi connectivity index (χ2n) is 11.0. The van der Waals surface area contributed by atoms with Gasteiger partial charge in [-0.3, -0.25) is 0 Å². The lowest BCUT2D eigenvalue weighted by Crippen LogP contribution is -2.41. The molecule has 0 aliphatic heterocycles. The zero-order chi connectivity index (χ0) is 29.3. The van der Waals surface area contributed by atoms with Gasteiger partial charge in [0.15, 0.2) is 0 Å². The van der Waals surface area contributed by atoms with Gasteiger partial charge in [0, 0.05) is 24.5 Å². The lowest BCUT2D eigenvalue weighted by atomic mass is 9.90. The fourth-order valence-electron chi connectivity index (χ4n) is 4.40. The monoisotopic (exact) mass is 538 g/mol. The fourth-order valence-corrected chi connectivity index (χ4v) is 4.40. The Morgan fingerprint density at radius 2 is 1.64 bits per heavy atom. The fraction of sp³-hybridized carbons (Fsp3) is 0.543. The highest BCUT2D eigenvalue weighted by Gasteiger charge is 2.33. The normalized spacial score (nSPS) is 16.6. The average molecular weight is 539 g/mol. The Labute approximate surface area is 239 Å². The Balaban J connectivity index is 3.15. The summed E-state index contributed by atoms with van der Waals surface area (Å²) in [4.78, 5) is 0. The number of ether oxygens (including phenoxy) is 4. The van der Waals surface area contributed by atoms with Gasteiger partial charge >= 0.3 is 0 Å². The van der Waals surface area contributed by atoms with E-state index < -0.39 is 5.60 Å². The number of hydrogen-bond acceptors (Lipinski definition) is 4. The number of allylic oxidation sites excluding steroid dienone is 5. The van der Waals surface area contributed by atoms with Gasteiger partial charge in [-0.1, -0.05) is 88.6 Å². The molecule has 4 heteroatoms. The van der Waals surface area contributed by atoms with Crippen LogP contribution in [0.25, 0.3) is 0 Å². The molecule has 1 aromatic rings. The van der Waals surface area contributed by atoms with Gasteiger partial charge in [0.25, 0.3) is 0 Å². The molecule has 4 nitrogen and oxygen atoms in total. The lowest BCUT2D eigenvalue weighted by Gasteiger charge is -2.38. The van der Waals surface area contributed by atoms with E-state index in [1.807, 2.05) is 24.3 Å². The minimum Gasteiger partial charge on any atom is -0.487 e. The van der Waals surface area contributed by atoms with E-state index >= 15 is 0 Å². The zero-order valence-corrected chi connectivity index (χ0v) is 25.7. The largest absolute Gasteiger partial charge is 0.487 e. The molecule has 1 rings (SSSR count). The summed E-state index contributed by atoms with van der Waals surface area (Å²) in [5.41, 5.74) is 1.38. The molecule has 0 saturated carbocycles. The Bertz CT molecular complexity index is 914. The quantitative estimate of drug-likeness (QED) is 0.0677. The summed E-state index contributed by atoms with van der Waals surface area (Å²) in [6.07, 6.45) is 12.7. The van der Waals surface area contributed by atoms with Crippen molar-refractivity contribution in [2.24, 2.45) is 0 Å². The van der Waals surface area contributed by atoms with Crippen LogP contribution in [0.3, 0.4) is 0 Å². The van der Waals surface area contributed by atoms with Gasteiger partial charge in [0.05, 0.1) is 31.0 Å². The molecule has 0 N–H and O–H groups in total. The molecule has 0 amide bonds. The average Bonchev–Trinajstić information content (AvgIpc) is 2.91. The van der Waals surface area contributed by atoms with Crippen molar-refractivity contribution >= 4 is 0 Å². The van der Waals surface area contributed by atoms with Crippen molar-refractivity contribution in [1.29, 1.82) is 0 Å². The molecule has 218 valence electrons. The van der Waals surface area contributed by atoms with Crippen molar-refractivity contribution < 1.29 is 18.9 Å². The molecule has 0 heterocycles. The first-order valence-electron chi connectivity index (χ1n) is 14.4. The third kappa shape index (κ3) is 13.0. The van der Waals surface area contributed by atoms with Gasteiger partial charge in [-0.05, 0) is 58.6 Å². The molecule has 4 unspecified atom stereocenters. The van der Waals surface area contributed by atoms with Gasteiger partial charge < -0.3 is 18.9 Å². The molecule has 39 heavy (non-hydrogen) atoms. The molecule has 4 atom stereocenters. The number of hydrogen-bond donors (Lipinski definition) is 0. The van der Waals surface area contributed by atoms with Gasteiger partial charge in [-0.15, -0.1) is 6.58 Å². The highest BCUT2D eigenvalue weighted by molar-refractivity contribution is 5.41. The van der Waals surface area contributed by atoms with Crippen molar-refractivity contribution in [1.82, 2.24) is 0 Å². The highest BCUT2D eigenvalue weighted by Crippen LogP contribution is 2.35. The second kappa shape index (κ2) is 18.0. The maximum Gasteiger partial charge on any atom is 0.123 e. The first-order chi connectivity index (χ1) is 18.5. The first-order valence-corrected chi connectivity index (χ1v) is 14.4. The zero-order valence-electron chi connectivity index (χ0n) is 25.7. The Kier molecular flexibility index (Phi) is 16.0. The van der Waals surface area contributed by atoms with Gasteiger partial charge in [-0.25, -0.2) is 0 Å². The van der Waals surface area contributed by atoms with E-state index in [0.29, 0.717) is 26.2 Å². The molecule has 0 radical (unpaired) electrons. The molecule has 0 saturated heterocycles. The summed E-state index contributed by atoms with van der Waals surface area (Å²) in [7, 11) is 0. The van der Waals surface area contributed by atoms with Crippen LogP contribution in [0.2, 0.25) is 0 Å². The van der Waals surface area contributed by atoms with Crippen LogP contribution in [0, 0.1) is 0 Å². The molecule has 0 aromatic heterocycles. The van der Waals surface area contributed by atoms with Crippen LogP contribution < -0.4 is 0 Å². The summed E-state index contributed by atoms with van der Waals surface area (Å²) >= 11 is 0. The van der Waals surface area contributed by atoms with E-state index in [1.165, 1.54) is 5.56 Å². The van der Waals surface area contributed by atoms with E-state index in [1.54, 1.807) is 12.2 Å². The molecule has 0 fully saturated rings. The summed E-state index contributed by atoms with van der Waals surface area (Å²) < 4.78 is 25.4. The summed E-state index contributed by atoms with van der Waals surface area (Å²) in [6, 6.07) is 10.4. The summed E-state index contributed by atoms with van der Waals surface area (Å²) in [5.74, 6) is 0.889. The highest BCUT2D eigenvalue weighted by atomic mass is 16.6. The van der Waals surface area contributed by atoms with Crippen molar-refractivity contribution in [3.63, 3.8) is 0 Å². The third-order valence-corrected chi connectivity index (χ3v) is 7.07. The topological polar surface area (TPSA) is 36.9 Å². The van der Waals surface area contributed by atoms with E-state index in [-0.39, 0.29) is 23.7 Å². The van der Waals surface area contributed by atoms with Crippen molar-refractivity contribution in [3.8, 4) is 0 Å². The lowest BCUT2D eigenvalue weighted by molar-refractivity contribution is -0.144.